The lowest BCUT2D eigenvalue weighted by molar-refractivity contribution is -0.170. The molecule has 0 unspecified atom stereocenters. The molecule has 0 heterocycles. The monoisotopic (exact) mass is 305 g/mol. The van der Waals surface area contributed by atoms with Gasteiger partial charge in [0.05, 0.1) is 26.2 Å². The highest BCUT2D eigenvalue weighted by Crippen LogP contribution is 2.55. The Bertz CT molecular complexity index is 583. The fourth-order valence-electron chi connectivity index (χ4n) is 2.52. The maximum atomic E-state index is 12.1. The van der Waals surface area contributed by atoms with Crippen LogP contribution in [0.4, 0.5) is 0 Å². The molecule has 1 aromatic carbocycles. The number of ether oxygens (including phenoxy) is 2. The second kappa shape index (κ2) is 6.19. The van der Waals surface area contributed by atoms with Crippen LogP contribution in [0, 0.1) is 22.7 Å². The number of rotatable bonds is 4. The van der Waals surface area contributed by atoms with Gasteiger partial charge in [-0.15, -0.1) is 11.8 Å². The minimum atomic E-state index is -1.48. The van der Waals surface area contributed by atoms with Gasteiger partial charge in [0.25, 0.3) is 0 Å². The Labute approximate surface area is 127 Å². The molecule has 3 atom stereocenters. The molecule has 0 radical (unpaired) electrons. The van der Waals surface area contributed by atoms with Crippen LogP contribution in [-0.2, 0) is 19.1 Å². The van der Waals surface area contributed by atoms with E-state index < -0.39 is 23.3 Å². The second-order valence-electron chi connectivity index (χ2n) is 4.70. The summed E-state index contributed by atoms with van der Waals surface area (Å²) in [6.07, 6.45) is 0.412. The van der Waals surface area contributed by atoms with Crippen LogP contribution in [0.3, 0.4) is 0 Å². The van der Waals surface area contributed by atoms with Crippen molar-refractivity contribution in [2.75, 3.05) is 14.2 Å². The van der Waals surface area contributed by atoms with Crippen molar-refractivity contribution in [3.8, 4) is 6.07 Å². The smallest absolute Gasteiger partial charge is 0.328 e. The van der Waals surface area contributed by atoms with Gasteiger partial charge >= 0.3 is 11.9 Å². The summed E-state index contributed by atoms with van der Waals surface area (Å²) in [4.78, 5) is 24.8. The molecule has 110 valence electrons. The number of carbonyl (C=O) groups excluding carboxylic acids is 2. The van der Waals surface area contributed by atoms with Crippen molar-refractivity contribution in [3.63, 3.8) is 0 Å². The third-order valence-electron chi connectivity index (χ3n) is 3.72. The van der Waals surface area contributed by atoms with Crippen molar-refractivity contribution in [1.82, 2.24) is 0 Å². The van der Waals surface area contributed by atoms with E-state index >= 15 is 0 Å². The molecule has 21 heavy (non-hydrogen) atoms. The summed E-state index contributed by atoms with van der Waals surface area (Å²) in [5.74, 6) is -2.01. The Morgan fingerprint density at radius 2 is 1.95 bits per heavy atom. The van der Waals surface area contributed by atoms with Crippen LogP contribution < -0.4 is 0 Å². The molecule has 1 aliphatic rings. The van der Waals surface area contributed by atoms with Crippen LogP contribution in [0.5, 0.6) is 0 Å². The molecule has 0 N–H and O–H groups in total. The first kappa shape index (κ1) is 15.4. The number of thioether (sulfide) groups is 1. The Hall–Kier alpha value is -2.00. The van der Waals surface area contributed by atoms with Crippen LogP contribution in [0.2, 0.25) is 0 Å². The number of nitriles is 1. The summed E-state index contributed by atoms with van der Waals surface area (Å²) >= 11 is 1.41. The SMILES string of the molecule is COC(=O)[C@H]1C[C@@H](Sc2ccccc2)[C@@]1(C#N)C(=O)OC. The predicted octanol–water partition coefficient (Wildman–Crippen LogP) is 2.02. The Morgan fingerprint density at radius 3 is 2.48 bits per heavy atom. The lowest BCUT2D eigenvalue weighted by Gasteiger charge is -2.46. The van der Waals surface area contributed by atoms with E-state index in [1.54, 1.807) is 0 Å². The van der Waals surface area contributed by atoms with Crippen molar-refractivity contribution in [1.29, 1.82) is 5.26 Å². The molecule has 2 rings (SSSR count). The average molecular weight is 305 g/mol. The van der Waals surface area contributed by atoms with E-state index in [1.807, 2.05) is 36.4 Å². The maximum absolute atomic E-state index is 12.1. The molecule has 0 amide bonds. The molecular weight excluding hydrogens is 290 g/mol. The van der Waals surface area contributed by atoms with Gasteiger partial charge in [0.1, 0.15) is 0 Å². The largest absolute Gasteiger partial charge is 0.469 e. The van der Waals surface area contributed by atoms with Crippen LogP contribution >= 0.6 is 11.8 Å². The minimum Gasteiger partial charge on any atom is -0.469 e. The van der Waals surface area contributed by atoms with Gasteiger partial charge < -0.3 is 9.47 Å². The number of esters is 2. The minimum absolute atomic E-state index is 0.332. The van der Waals surface area contributed by atoms with E-state index in [0.29, 0.717) is 6.42 Å². The van der Waals surface area contributed by atoms with Crippen LogP contribution in [0.1, 0.15) is 6.42 Å². The normalized spacial score (nSPS) is 27.1. The van der Waals surface area contributed by atoms with Crippen molar-refractivity contribution in [2.24, 2.45) is 11.3 Å². The molecule has 0 saturated heterocycles. The van der Waals surface area contributed by atoms with Crippen LogP contribution in [0.25, 0.3) is 0 Å². The summed E-state index contributed by atoms with van der Waals surface area (Å²) in [6, 6.07) is 11.5. The number of carbonyl (C=O) groups is 2. The summed E-state index contributed by atoms with van der Waals surface area (Å²) in [7, 11) is 2.47. The van der Waals surface area contributed by atoms with Crippen LogP contribution in [-0.4, -0.2) is 31.4 Å². The van der Waals surface area contributed by atoms with E-state index in [1.165, 1.54) is 26.0 Å². The van der Waals surface area contributed by atoms with Crippen molar-refractivity contribution in [3.05, 3.63) is 30.3 Å². The number of hydrogen-bond donors (Lipinski definition) is 0. The predicted molar refractivity (Wildman–Crippen MR) is 76.3 cm³/mol. The first-order chi connectivity index (χ1) is 10.1. The highest BCUT2D eigenvalue weighted by Gasteiger charge is 2.65. The van der Waals surface area contributed by atoms with Gasteiger partial charge in [-0.25, -0.2) is 0 Å². The molecule has 1 aliphatic carbocycles. The Balaban J connectivity index is 2.29. The molecule has 1 saturated carbocycles. The zero-order valence-corrected chi connectivity index (χ0v) is 12.6. The molecule has 6 heteroatoms. The molecule has 0 aromatic heterocycles. The number of hydrogen-bond acceptors (Lipinski definition) is 6. The van der Waals surface area contributed by atoms with Gasteiger partial charge in [-0.2, -0.15) is 5.26 Å². The highest BCUT2D eigenvalue weighted by molar-refractivity contribution is 8.00. The van der Waals surface area contributed by atoms with E-state index in [9.17, 15) is 14.9 Å². The molecule has 0 bridgehead atoms. The summed E-state index contributed by atoms with van der Waals surface area (Å²) < 4.78 is 9.46. The molecule has 0 aliphatic heterocycles. The number of methoxy groups -OCH3 is 2. The highest BCUT2D eigenvalue weighted by atomic mass is 32.2. The van der Waals surface area contributed by atoms with Gasteiger partial charge in [-0.1, -0.05) is 18.2 Å². The molecule has 5 nitrogen and oxygen atoms in total. The van der Waals surface area contributed by atoms with Gasteiger partial charge in [0.2, 0.25) is 0 Å². The van der Waals surface area contributed by atoms with Gasteiger partial charge in [0, 0.05) is 10.1 Å². The first-order valence-corrected chi connectivity index (χ1v) is 7.27. The first-order valence-electron chi connectivity index (χ1n) is 6.39. The standard InChI is InChI=1S/C15H15NO4S/c1-19-13(17)11-8-12(15(11,9-16)14(18)20-2)21-10-6-4-3-5-7-10/h3-7,11-12H,8H2,1-2H3/t11-,12-,15+/m1/s1. The average Bonchev–Trinajstić information content (AvgIpc) is 2.52. The lowest BCUT2D eigenvalue weighted by atomic mass is 9.60. The zero-order valence-electron chi connectivity index (χ0n) is 11.7. The third kappa shape index (κ3) is 2.49. The number of nitrogens with zero attached hydrogens (tertiary/aromatic N) is 1. The van der Waals surface area contributed by atoms with Gasteiger partial charge in [0.15, 0.2) is 5.41 Å². The van der Waals surface area contributed by atoms with Crippen molar-refractivity contribution < 1.29 is 19.1 Å². The summed E-state index contributed by atoms with van der Waals surface area (Å²) in [6.45, 7) is 0. The van der Waals surface area contributed by atoms with E-state index in [4.69, 9.17) is 9.47 Å². The quantitative estimate of drug-likeness (QED) is 0.792. The Kier molecular flexibility index (Phi) is 4.53. The lowest BCUT2D eigenvalue weighted by Crippen LogP contribution is -2.59. The molecule has 1 aromatic rings. The Morgan fingerprint density at radius 1 is 1.29 bits per heavy atom. The topological polar surface area (TPSA) is 76.4 Å². The van der Waals surface area contributed by atoms with Crippen LogP contribution in [0.15, 0.2) is 35.2 Å². The van der Waals surface area contributed by atoms with E-state index in [0.717, 1.165) is 4.90 Å². The van der Waals surface area contributed by atoms with Gasteiger partial charge in [-0.3, -0.25) is 9.59 Å². The maximum Gasteiger partial charge on any atom is 0.328 e. The molecule has 0 spiro atoms. The van der Waals surface area contributed by atoms with E-state index in [-0.39, 0.29) is 5.25 Å². The van der Waals surface area contributed by atoms with E-state index in [2.05, 4.69) is 0 Å². The fraction of sp³-hybridized carbons (Fsp3) is 0.400. The zero-order chi connectivity index (χ0) is 15.5. The van der Waals surface area contributed by atoms with Crippen molar-refractivity contribution in [2.45, 2.75) is 16.6 Å². The fourth-order valence-corrected chi connectivity index (χ4v) is 3.95. The summed E-state index contributed by atoms with van der Waals surface area (Å²) in [5, 5.41) is 9.20. The summed E-state index contributed by atoms with van der Waals surface area (Å²) in [5.41, 5.74) is -1.48. The molecular formula is C15H15NO4S. The molecule has 1 fully saturated rings. The van der Waals surface area contributed by atoms with Crippen molar-refractivity contribution >= 4 is 23.7 Å². The second-order valence-corrected chi connectivity index (χ2v) is 5.98. The third-order valence-corrected chi connectivity index (χ3v) is 5.12. The van der Waals surface area contributed by atoms with Gasteiger partial charge in [-0.05, 0) is 18.6 Å². The number of benzene rings is 1.